The van der Waals surface area contributed by atoms with Gasteiger partial charge in [0.05, 0.1) is 22.8 Å². The summed E-state index contributed by atoms with van der Waals surface area (Å²) < 4.78 is 0. The number of aromatic carboxylic acids is 1. The molecule has 1 aliphatic carbocycles. The first-order valence-electron chi connectivity index (χ1n) is 8.01. The summed E-state index contributed by atoms with van der Waals surface area (Å²) in [5.74, 6) is 0.482. The number of carboxylic acids is 1. The van der Waals surface area contributed by atoms with Gasteiger partial charge in [0.25, 0.3) is 0 Å². The lowest BCUT2D eigenvalue weighted by Crippen LogP contribution is -2.30. The fraction of sp³-hybridized carbons (Fsp3) is 0.471. The van der Waals surface area contributed by atoms with Crippen molar-refractivity contribution in [3.05, 3.63) is 29.5 Å². The van der Waals surface area contributed by atoms with E-state index in [0.717, 1.165) is 42.8 Å². The van der Waals surface area contributed by atoms with Gasteiger partial charge in [0.15, 0.2) is 0 Å². The highest BCUT2D eigenvalue weighted by Gasteiger charge is 2.28. The highest BCUT2D eigenvalue weighted by Crippen LogP contribution is 2.43. The normalized spacial score (nSPS) is 18.6. The van der Waals surface area contributed by atoms with Gasteiger partial charge < -0.3 is 10.0 Å². The second-order valence-electron chi connectivity index (χ2n) is 6.29. The van der Waals surface area contributed by atoms with Crippen LogP contribution < -0.4 is 4.90 Å². The second-order valence-corrected chi connectivity index (χ2v) is 6.29. The lowest BCUT2D eigenvalue weighted by atomic mass is 10.0. The molecule has 22 heavy (non-hydrogen) atoms. The third kappa shape index (κ3) is 2.40. The zero-order chi connectivity index (χ0) is 15.1. The molecule has 1 aromatic carbocycles. The first-order chi connectivity index (χ1) is 10.7. The van der Waals surface area contributed by atoms with E-state index in [1.54, 1.807) is 18.3 Å². The summed E-state index contributed by atoms with van der Waals surface area (Å²) in [4.78, 5) is 22.9. The molecule has 114 valence electrons. The highest BCUT2D eigenvalue weighted by molar-refractivity contribution is 5.94. The molecule has 0 bridgehead atoms. The van der Waals surface area contributed by atoms with Crippen molar-refractivity contribution in [2.75, 3.05) is 18.0 Å². The van der Waals surface area contributed by atoms with Gasteiger partial charge >= 0.3 is 5.97 Å². The summed E-state index contributed by atoms with van der Waals surface area (Å²) in [6.45, 7) is 2.07. The Labute approximate surface area is 129 Å². The Kier molecular flexibility index (Phi) is 3.21. The van der Waals surface area contributed by atoms with E-state index in [4.69, 9.17) is 4.98 Å². The lowest BCUT2D eigenvalue weighted by Gasteiger charge is -2.27. The Morgan fingerprint density at radius 1 is 1.18 bits per heavy atom. The van der Waals surface area contributed by atoms with Crippen molar-refractivity contribution >= 4 is 22.8 Å². The smallest absolute Gasteiger partial charge is 0.335 e. The van der Waals surface area contributed by atoms with Gasteiger partial charge in [0, 0.05) is 13.1 Å². The highest BCUT2D eigenvalue weighted by atomic mass is 16.4. The van der Waals surface area contributed by atoms with Crippen LogP contribution in [0.25, 0.3) is 11.0 Å². The Hall–Kier alpha value is -2.17. The van der Waals surface area contributed by atoms with Gasteiger partial charge in [0.1, 0.15) is 5.82 Å². The van der Waals surface area contributed by atoms with Crippen molar-refractivity contribution in [2.45, 2.75) is 38.0 Å². The summed E-state index contributed by atoms with van der Waals surface area (Å²) >= 11 is 0. The monoisotopic (exact) mass is 297 g/mol. The van der Waals surface area contributed by atoms with Crippen molar-refractivity contribution < 1.29 is 9.90 Å². The number of benzene rings is 1. The van der Waals surface area contributed by atoms with Gasteiger partial charge in [-0.2, -0.15) is 0 Å². The zero-order valence-electron chi connectivity index (χ0n) is 12.5. The number of carbonyl (C=O) groups is 1. The number of carboxylic acid groups (broad SMARTS) is 1. The van der Waals surface area contributed by atoms with Crippen LogP contribution in [0, 0.1) is 0 Å². The zero-order valence-corrected chi connectivity index (χ0v) is 12.5. The summed E-state index contributed by atoms with van der Waals surface area (Å²) in [6.07, 6.45) is 7.71. The molecule has 2 fully saturated rings. The number of aromatic nitrogens is 2. The van der Waals surface area contributed by atoms with Crippen LogP contribution in [0.15, 0.2) is 18.3 Å². The van der Waals surface area contributed by atoms with Crippen molar-refractivity contribution in [3.63, 3.8) is 0 Å². The van der Waals surface area contributed by atoms with Crippen LogP contribution in [-0.2, 0) is 0 Å². The van der Waals surface area contributed by atoms with E-state index < -0.39 is 5.97 Å². The Morgan fingerprint density at radius 2 is 1.95 bits per heavy atom. The molecule has 1 saturated heterocycles. The van der Waals surface area contributed by atoms with Crippen LogP contribution in [0.4, 0.5) is 5.82 Å². The van der Waals surface area contributed by atoms with Gasteiger partial charge in [0.2, 0.25) is 0 Å². The minimum atomic E-state index is -0.897. The molecule has 0 spiro atoms. The average molecular weight is 297 g/mol. The largest absolute Gasteiger partial charge is 0.478 e. The van der Waals surface area contributed by atoms with Gasteiger partial charge in [-0.15, -0.1) is 0 Å². The molecule has 1 aromatic heterocycles. The maximum absolute atomic E-state index is 11.3. The molecule has 2 heterocycles. The number of hydrogen-bond donors (Lipinski definition) is 1. The van der Waals surface area contributed by atoms with Crippen molar-refractivity contribution in [2.24, 2.45) is 0 Å². The van der Waals surface area contributed by atoms with E-state index in [-0.39, 0.29) is 0 Å². The predicted molar refractivity (Wildman–Crippen MR) is 84.5 cm³/mol. The molecule has 2 aromatic rings. The third-order valence-electron chi connectivity index (χ3n) is 4.61. The van der Waals surface area contributed by atoms with Gasteiger partial charge in [-0.05, 0) is 55.7 Å². The lowest BCUT2D eigenvalue weighted by molar-refractivity contribution is 0.0697. The van der Waals surface area contributed by atoms with E-state index >= 15 is 0 Å². The molecule has 1 saturated carbocycles. The molecular formula is C17H19N3O2. The molecule has 1 N–H and O–H groups in total. The molecule has 2 aliphatic rings. The fourth-order valence-electron chi connectivity index (χ4n) is 3.24. The number of hydrogen-bond acceptors (Lipinski definition) is 4. The van der Waals surface area contributed by atoms with Gasteiger partial charge in [-0.25, -0.2) is 9.78 Å². The fourth-order valence-corrected chi connectivity index (χ4v) is 3.24. The van der Waals surface area contributed by atoms with Crippen molar-refractivity contribution in [3.8, 4) is 0 Å². The second kappa shape index (κ2) is 5.23. The van der Waals surface area contributed by atoms with Crippen LogP contribution in [0.3, 0.4) is 0 Å². The SMILES string of the molecule is O=C(O)c1cc(C2CC2)c2nc(N3CCCCC3)cnc2c1. The van der Waals surface area contributed by atoms with E-state index in [9.17, 15) is 9.90 Å². The number of piperidine rings is 1. The van der Waals surface area contributed by atoms with Crippen LogP contribution >= 0.6 is 0 Å². The Morgan fingerprint density at radius 3 is 2.64 bits per heavy atom. The Balaban J connectivity index is 1.82. The first-order valence-corrected chi connectivity index (χ1v) is 8.01. The third-order valence-corrected chi connectivity index (χ3v) is 4.61. The van der Waals surface area contributed by atoms with Crippen LogP contribution in [0.1, 0.15) is 53.9 Å². The standard InChI is InChI=1S/C17H19N3O2/c21-17(22)12-8-13(11-4-5-11)16-14(9-12)18-10-15(19-16)20-6-2-1-3-7-20/h8-11H,1-7H2,(H,21,22). The number of rotatable bonds is 3. The van der Waals surface area contributed by atoms with E-state index in [1.165, 1.54) is 19.3 Å². The number of nitrogens with zero attached hydrogens (tertiary/aromatic N) is 3. The topological polar surface area (TPSA) is 66.3 Å². The molecule has 0 atom stereocenters. The quantitative estimate of drug-likeness (QED) is 0.942. The minimum absolute atomic E-state index is 0.314. The summed E-state index contributed by atoms with van der Waals surface area (Å²) in [5.41, 5.74) is 2.95. The molecule has 5 nitrogen and oxygen atoms in total. The maximum Gasteiger partial charge on any atom is 0.335 e. The van der Waals surface area contributed by atoms with Gasteiger partial charge in [-0.1, -0.05) is 0 Å². The molecule has 4 rings (SSSR count). The van der Waals surface area contributed by atoms with Crippen LogP contribution in [0.5, 0.6) is 0 Å². The van der Waals surface area contributed by atoms with Crippen LogP contribution in [-0.4, -0.2) is 34.1 Å². The van der Waals surface area contributed by atoms with Gasteiger partial charge in [-0.3, -0.25) is 4.98 Å². The summed E-state index contributed by atoms with van der Waals surface area (Å²) in [7, 11) is 0. The number of fused-ring (bicyclic) bond motifs is 1. The minimum Gasteiger partial charge on any atom is -0.478 e. The molecule has 5 heteroatoms. The van der Waals surface area contributed by atoms with E-state index in [1.807, 2.05) is 0 Å². The predicted octanol–water partition coefficient (Wildman–Crippen LogP) is 3.20. The average Bonchev–Trinajstić information content (AvgIpc) is 3.39. The summed E-state index contributed by atoms with van der Waals surface area (Å²) in [5, 5.41) is 9.27. The molecule has 0 radical (unpaired) electrons. The maximum atomic E-state index is 11.3. The summed E-state index contributed by atoms with van der Waals surface area (Å²) in [6, 6.07) is 3.42. The van der Waals surface area contributed by atoms with E-state index in [2.05, 4.69) is 9.88 Å². The van der Waals surface area contributed by atoms with Crippen molar-refractivity contribution in [1.29, 1.82) is 0 Å². The molecular weight excluding hydrogens is 278 g/mol. The van der Waals surface area contributed by atoms with Crippen LogP contribution in [0.2, 0.25) is 0 Å². The molecule has 0 amide bonds. The molecule has 0 unspecified atom stereocenters. The first kappa shape index (κ1) is 13.5. The molecule has 1 aliphatic heterocycles. The van der Waals surface area contributed by atoms with Crippen molar-refractivity contribution in [1.82, 2.24) is 9.97 Å². The Bertz CT molecular complexity index is 734. The number of anilines is 1. The van der Waals surface area contributed by atoms with E-state index in [0.29, 0.717) is 17.0 Å².